The lowest BCUT2D eigenvalue weighted by molar-refractivity contribution is 0.262. The van der Waals surface area contributed by atoms with Crippen LogP contribution in [0, 0.1) is 0 Å². The van der Waals surface area contributed by atoms with E-state index in [2.05, 4.69) is 28.3 Å². The first-order chi connectivity index (χ1) is 8.29. The van der Waals surface area contributed by atoms with Gasteiger partial charge in [-0.1, -0.05) is 6.92 Å². The van der Waals surface area contributed by atoms with Crippen LogP contribution in [0.15, 0.2) is 12.3 Å². The SMILES string of the molecule is CCN(CCc1ccnn1C)CC1CCCN1. The van der Waals surface area contributed by atoms with E-state index < -0.39 is 0 Å². The highest BCUT2D eigenvalue weighted by Crippen LogP contribution is 2.08. The third kappa shape index (κ3) is 3.54. The Kier molecular flexibility index (Phi) is 4.57. The zero-order valence-electron chi connectivity index (χ0n) is 11.0. The lowest BCUT2D eigenvalue weighted by atomic mass is 10.2. The maximum Gasteiger partial charge on any atom is 0.0492 e. The standard InChI is InChI=1S/C13H24N4/c1-3-17(11-12-5-4-8-14-12)10-7-13-6-9-15-16(13)2/h6,9,12,14H,3-5,7-8,10-11H2,1-2H3. The lowest BCUT2D eigenvalue weighted by Crippen LogP contribution is -2.38. The molecule has 4 heteroatoms. The molecule has 2 rings (SSSR count). The van der Waals surface area contributed by atoms with Crippen molar-refractivity contribution in [3.63, 3.8) is 0 Å². The third-order valence-electron chi connectivity index (χ3n) is 3.69. The van der Waals surface area contributed by atoms with Gasteiger partial charge in [0, 0.05) is 44.5 Å². The molecule has 1 unspecified atom stereocenters. The zero-order valence-corrected chi connectivity index (χ0v) is 11.0. The first-order valence-corrected chi connectivity index (χ1v) is 6.72. The summed E-state index contributed by atoms with van der Waals surface area (Å²) in [5.41, 5.74) is 1.32. The van der Waals surface area contributed by atoms with Gasteiger partial charge in [0.25, 0.3) is 0 Å². The van der Waals surface area contributed by atoms with Crippen molar-refractivity contribution in [3.05, 3.63) is 18.0 Å². The molecular weight excluding hydrogens is 212 g/mol. The summed E-state index contributed by atoms with van der Waals surface area (Å²) < 4.78 is 1.97. The summed E-state index contributed by atoms with van der Waals surface area (Å²) in [6.07, 6.45) is 5.65. The van der Waals surface area contributed by atoms with Crippen molar-refractivity contribution in [3.8, 4) is 0 Å². The van der Waals surface area contributed by atoms with Gasteiger partial charge in [0.1, 0.15) is 0 Å². The summed E-state index contributed by atoms with van der Waals surface area (Å²) in [5, 5.41) is 7.78. The van der Waals surface area contributed by atoms with Crippen LogP contribution in [0.5, 0.6) is 0 Å². The Bertz CT molecular complexity index is 328. The van der Waals surface area contributed by atoms with Crippen molar-refractivity contribution >= 4 is 0 Å². The van der Waals surface area contributed by atoms with E-state index in [1.54, 1.807) is 0 Å². The first-order valence-electron chi connectivity index (χ1n) is 6.72. The number of hydrogen-bond acceptors (Lipinski definition) is 3. The zero-order chi connectivity index (χ0) is 12.1. The molecule has 1 aliphatic rings. The fourth-order valence-electron chi connectivity index (χ4n) is 2.52. The first kappa shape index (κ1) is 12.6. The summed E-state index contributed by atoms with van der Waals surface area (Å²) in [6.45, 7) is 6.90. The highest BCUT2D eigenvalue weighted by atomic mass is 15.3. The minimum atomic E-state index is 0.710. The topological polar surface area (TPSA) is 33.1 Å². The molecule has 0 saturated carbocycles. The van der Waals surface area contributed by atoms with Crippen molar-refractivity contribution in [2.75, 3.05) is 26.2 Å². The third-order valence-corrected chi connectivity index (χ3v) is 3.69. The van der Waals surface area contributed by atoms with Crippen LogP contribution in [0.4, 0.5) is 0 Å². The van der Waals surface area contributed by atoms with Gasteiger partial charge in [0.15, 0.2) is 0 Å². The molecule has 1 aromatic heterocycles. The van der Waals surface area contributed by atoms with Crippen LogP contribution < -0.4 is 5.32 Å². The second-order valence-corrected chi connectivity index (χ2v) is 4.88. The molecule has 0 spiro atoms. The molecule has 2 heterocycles. The van der Waals surface area contributed by atoms with E-state index in [-0.39, 0.29) is 0 Å². The molecule has 17 heavy (non-hydrogen) atoms. The Morgan fingerprint density at radius 2 is 2.47 bits per heavy atom. The second kappa shape index (κ2) is 6.17. The van der Waals surface area contributed by atoms with Gasteiger partial charge in [-0.15, -0.1) is 0 Å². The van der Waals surface area contributed by atoms with Crippen LogP contribution >= 0.6 is 0 Å². The van der Waals surface area contributed by atoms with Gasteiger partial charge in [-0.05, 0) is 32.0 Å². The highest BCUT2D eigenvalue weighted by Gasteiger charge is 2.16. The summed E-state index contributed by atoms with van der Waals surface area (Å²) in [4.78, 5) is 2.54. The average Bonchev–Trinajstić information content (AvgIpc) is 2.96. The molecule has 1 aromatic rings. The van der Waals surface area contributed by atoms with Gasteiger partial charge in [-0.25, -0.2) is 0 Å². The molecule has 0 amide bonds. The van der Waals surface area contributed by atoms with E-state index in [0.29, 0.717) is 6.04 Å². The minimum Gasteiger partial charge on any atom is -0.313 e. The Morgan fingerprint density at radius 3 is 3.06 bits per heavy atom. The second-order valence-electron chi connectivity index (χ2n) is 4.88. The van der Waals surface area contributed by atoms with E-state index in [1.165, 1.54) is 31.6 Å². The molecule has 1 atom stereocenters. The minimum absolute atomic E-state index is 0.710. The molecule has 1 N–H and O–H groups in total. The summed E-state index contributed by atoms with van der Waals surface area (Å²) in [6, 6.07) is 2.82. The summed E-state index contributed by atoms with van der Waals surface area (Å²) >= 11 is 0. The van der Waals surface area contributed by atoms with E-state index in [0.717, 1.165) is 19.5 Å². The monoisotopic (exact) mass is 236 g/mol. The Balaban J connectivity index is 1.77. The van der Waals surface area contributed by atoms with E-state index >= 15 is 0 Å². The van der Waals surface area contributed by atoms with Crippen molar-refractivity contribution < 1.29 is 0 Å². The predicted molar refractivity (Wildman–Crippen MR) is 70.1 cm³/mol. The fourth-order valence-corrected chi connectivity index (χ4v) is 2.52. The van der Waals surface area contributed by atoms with E-state index in [9.17, 15) is 0 Å². The van der Waals surface area contributed by atoms with Crippen molar-refractivity contribution in [2.45, 2.75) is 32.2 Å². The number of aryl methyl sites for hydroxylation is 1. The molecule has 0 aromatic carbocycles. The lowest BCUT2D eigenvalue weighted by Gasteiger charge is -2.24. The van der Waals surface area contributed by atoms with Crippen molar-refractivity contribution in [1.82, 2.24) is 20.0 Å². The quantitative estimate of drug-likeness (QED) is 0.801. The molecule has 0 radical (unpaired) electrons. The molecule has 1 fully saturated rings. The van der Waals surface area contributed by atoms with Gasteiger partial charge < -0.3 is 10.2 Å². The van der Waals surface area contributed by atoms with Crippen molar-refractivity contribution in [2.24, 2.45) is 7.05 Å². The Morgan fingerprint density at radius 1 is 1.59 bits per heavy atom. The number of hydrogen-bond donors (Lipinski definition) is 1. The van der Waals surface area contributed by atoms with Crippen LogP contribution in [0.25, 0.3) is 0 Å². The summed E-state index contributed by atoms with van der Waals surface area (Å²) in [7, 11) is 2.02. The molecule has 0 bridgehead atoms. The number of rotatable bonds is 6. The molecule has 96 valence electrons. The number of likely N-dealkylation sites (N-methyl/N-ethyl adjacent to an activating group) is 1. The van der Waals surface area contributed by atoms with Gasteiger partial charge in [0.2, 0.25) is 0 Å². The van der Waals surface area contributed by atoms with E-state index in [4.69, 9.17) is 0 Å². The van der Waals surface area contributed by atoms with Crippen LogP contribution in [-0.4, -0.2) is 46.9 Å². The van der Waals surface area contributed by atoms with Gasteiger partial charge >= 0.3 is 0 Å². The molecule has 4 nitrogen and oxygen atoms in total. The number of nitrogens with zero attached hydrogens (tertiary/aromatic N) is 3. The fraction of sp³-hybridized carbons (Fsp3) is 0.769. The van der Waals surface area contributed by atoms with Crippen LogP contribution in [-0.2, 0) is 13.5 Å². The smallest absolute Gasteiger partial charge is 0.0492 e. The number of nitrogens with one attached hydrogen (secondary N) is 1. The Labute approximate surface area is 104 Å². The predicted octanol–water partition coefficient (Wildman–Crippen LogP) is 1.04. The van der Waals surface area contributed by atoms with Crippen LogP contribution in [0.3, 0.4) is 0 Å². The highest BCUT2D eigenvalue weighted by molar-refractivity contribution is 5.00. The maximum atomic E-state index is 4.21. The average molecular weight is 236 g/mol. The van der Waals surface area contributed by atoms with Gasteiger partial charge in [-0.2, -0.15) is 5.10 Å². The van der Waals surface area contributed by atoms with E-state index in [1.807, 2.05) is 17.9 Å². The van der Waals surface area contributed by atoms with Crippen LogP contribution in [0.1, 0.15) is 25.5 Å². The molecule has 0 aliphatic carbocycles. The molecular formula is C13H24N4. The maximum absolute atomic E-state index is 4.21. The number of aromatic nitrogens is 2. The van der Waals surface area contributed by atoms with Crippen molar-refractivity contribution in [1.29, 1.82) is 0 Å². The molecule has 1 aliphatic heterocycles. The molecule has 1 saturated heterocycles. The van der Waals surface area contributed by atoms with Gasteiger partial charge in [-0.3, -0.25) is 4.68 Å². The van der Waals surface area contributed by atoms with Crippen LogP contribution in [0.2, 0.25) is 0 Å². The van der Waals surface area contributed by atoms with Gasteiger partial charge in [0.05, 0.1) is 0 Å². The Hall–Kier alpha value is -0.870. The summed E-state index contributed by atoms with van der Waals surface area (Å²) in [5.74, 6) is 0. The normalized spacial score (nSPS) is 20.3. The largest absolute Gasteiger partial charge is 0.313 e.